The van der Waals surface area contributed by atoms with Crippen molar-refractivity contribution in [1.29, 1.82) is 0 Å². The van der Waals surface area contributed by atoms with Crippen LogP contribution >= 0.6 is 24.0 Å². The van der Waals surface area contributed by atoms with Crippen LogP contribution in [0.4, 0.5) is 0 Å². The van der Waals surface area contributed by atoms with E-state index in [1.54, 1.807) is 0 Å². The zero-order valence-corrected chi connectivity index (χ0v) is 15.2. The molecular weight excluding hydrogens is 351 g/mol. The Kier molecular flexibility index (Phi) is 10.7. The molecule has 0 atom stereocenters. The van der Waals surface area contributed by atoms with Gasteiger partial charge in [-0.2, -0.15) is 0 Å². The Labute approximate surface area is 135 Å². The van der Waals surface area contributed by atoms with Gasteiger partial charge in [0.05, 0.1) is 0 Å². The second kappa shape index (κ2) is 10.7. The summed E-state index contributed by atoms with van der Waals surface area (Å²) in [6, 6.07) is 1.25. The van der Waals surface area contributed by atoms with Gasteiger partial charge in [0.15, 0.2) is 5.96 Å². The molecule has 1 saturated heterocycles. The van der Waals surface area contributed by atoms with Gasteiger partial charge in [0.1, 0.15) is 0 Å². The van der Waals surface area contributed by atoms with E-state index in [-0.39, 0.29) is 24.0 Å². The Morgan fingerprint density at radius 3 is 2.42 bits per heavy atom. The number of piperidine rings is 1. The number of rotatable bonds is 5. The van der Waals surface area contributed by atoms with Crippen molar-refractivity contribution in [2.24, 2.45) is 4.99 Å². The lowest BCUT2D eigenvalue weighted by Gasteiger charge is -2.35. The molecule has 0 radical (unpaired) electrons. The van der Waals surface area contributed by atoms with Crippen LogP contribution in [-0.4, -0.2) is 49.6 Å². The molecule has 0 amide bonds. The van der Waals surface area contributed by atoms with Gasteiger partial charge in [-0.3, -0.25) is 4.99 Å². The average Bonchev–Trinajstić information content (AvgIpc) is 2.38. The summed E-state index contributed by atoms with van der Waals surface area (Å²) in [4.78, 5) is 6.84. The smallest absolute Gasteiger partial charge is 0.191 e. The fraction of sp³-hybridized carbons (Fsp3) is 0.929. The van der Waals surface area contributed by atoms with Gasteiger partial charge < -0.3 is 15.5 Å². The molecule has 1 aliphatic rings. The number of guanidine groups is 1. The summed E-state index contributed by atoms with van der Waals surface area (Å²) in [6.45, 7) is 10.2. The Morgan fingerprint density at radius 2 is 1.95 bits per heavy atom. The molecule has 19 heavy (non-hydrogen) atoms. The van der Waals surface area contributed by atoms with Crippen LogP contribution in [0.25, 0.3) is 0 Å². The van der Waals surface area contributed by atoms with E-state index in [1.807, 2.05) is 7.05 Å². The number of hydrogen-bond donors (Lipinski definition) is 2. The van der Waals surface area contributed by atoms with Crippen molar-refractivity contribution in [3.63, 3.8) is 0 Å². The summed E-state index contributed by atoms with van der Waals surface area (Å²) in [5, 5.41) is 6.91. The molecule has 0 saturated carbocycles. The Morgan fingerprint density at radius 1 is 1.32 bits per heavy atom. The van der Waals surface area contributed by atoms with E-state index < -0.39 is 0 Å². The minimum Gasteiger partial charge on any atom is -0.356 e. The van der Waals surface area contributed by atoms with Crippen LogP contribution < -0.4 is 10.6 Å². The minimum atomic E-state index is 0. The molecule has 1 aliphatic heterocycles. The van der Waals surface area contributed by atoms with E-state index in [9.17, 15) is 0 Å². The van der Waals surface area contributed by atoms with Crippen LogP contribution in [0, 0.1) is 0 Å². The highest BCUT2D eigenvalue weighted by molar-refractivity contribution is 14.0. The summed E-state index contributed by atoms with van der Waals surface area (Å²) in [5.41, 5.74) is 0. The van der Waals surface area contributed by atoms with Crippen molar-refractivity contribution in [2.45, 2.75) is 58.5 Å². The van der Waals surface area contributed by atoms with Crippen LogP contribution in [0.15, 0.2) is 4.99 Å². The lowest BCUT2D eigenvalue weighted by Crippen LogP contribution is -2.49. The summed E-state index contributed by atoms with van der Waals surface area (Å²) in [7, 11) is 1.85. The summed E-state index contributed by atoms with van der Waals surface area (Å²) >= 11 is 0. The van der Waals surface area contributed by atoms with Gasteiger partial charge in [-0.05, 0) is 33.1 Å². The molecule has 1 fully saturated rings. The molecule has 1 heterocycles. The van der Waals surface area contributed by atoms with Crippen molar-refractivity contribution in [3.05, 3.63) is 0 Å². The van der Waals surface area contributed by atoms with Crippen molar-refractivity contribution in [3.8, 4) is 0 Å². The van der Waals surface area contributed by atoms with Crippen LogP contribution in [0.5, 0.6) is 0 Å². The van der Waals surface area contributed by atoms with E-state index >= 15 is 0 Å². The standard InChI is InChI=1S/C14H30N4.HI/c1-5-6-9-16-14(15-4)17-13-7-10-18(11-8-13)12(2)3;/h12-13H,5-11H2,1-4H3,(H2,15,16,17);1H. The fourth-order valence-electron chi connectivity index (χ4n) is 2.33. The number of nitrogens with one attached hydrogen (secondary N) is 2. The van der Waals surface area contributed by atoms with E-state index in [4.69, 9.17) is 0 Å². The van der Waals surface area contributed by atoms with Crippen molar-refractivity contribution in [2.75, 3.05) is 26.7 Å². The average molecular weight is 382 g/mol. The van der Waals surface area contributed by atoms with Crippen LogP contribution in [0.1, 0.15) is 46.5 Å². The van der Waals surface area contributed by atoms with Crippen molar-refractivity contribution >= 4 is 29.9 Å². The molecule has 0 aromatic rings. The predicted octanol–water partition coefficient (Wildman–Crippen LogP) is 2.44. The quantitative estimate of drug-likeness (QED) is 0.332. The van der Waals surface area contributed by atoms with Gasteiger partial charge in [0.25, 0.3) is 0 Å². The normalized spacial score (nSPS) is 18.3. The number of hydrogen-bond acceptors (Lipinski definition) is 2. The van der Waals surface area contributed by atoms with E-state index in [0.717, 1.165) is 12.5 Å². The van der Waals surface area contributed by atoms with Gasteiger partial charge in [-0.1, -0.05) is 13.3 Å². The van der Waals surface area contributed by atoms with Crippen molar-refractivity contribution in [1.82, 2.24) is 15.5 Å². The highest BCUT2D eigenvalue weighted by Crippen LogP contribution is 2.12. The summed E-state index contributed by atoms with van der Waals surface area (Å²) in [5.74, 6) is 0.964. The molecule has 2 N–H and O–H groups in total. The molecule has 114 valence electrons. The van der Waals surface area contributed by atoms with E-state index in [0.29, 0.717) is 12.1 Å². The lowest BCUT2D eigenvalue weighted by molar-refractivity contribution is 0.167. The summed E-state index contributed by atoms with van der Waals surface area (Å²) in [6.07, 6.45) is 4.85. The Hall–Kier alpha value is -0.0400. The molecule has 0 aliphatic carbocycles. The monoisotopic (exact) mass is 382 g/mol. The zero-order chi connectivity index (χ0) is 13.4. The molecule has 5 heteroatoms. The topological polar surface area (TPSA) is 39.7 Å². The first kappa shape index (κ1) is 19.0. The fourth-order valence-corrected chi connectivity index (χ4v) is 2.33. The molecule has 1 rings (SSSR count). The van der Waals surface area contributed by atoms with Crippen LogP contribution in [0.2, 0.25) is 0 Å². The van der Waals surface area contributed by atoms with Gasteiger partial charge >= 0.3 is 0 Å². The number of nitrogens with zero attached hydrogens (tertiary/aromatic N) is 2. The number of likely N-dealkylation sites (tertiary alicyclic amines) is 1. The molecule has 0 bridgehead atoms. The molecule has 0 unspecified atom stereocenters. The highest BCUT2D eigenvalue weighted by Gasteiger charge is 2.21. The number of halogens is 1. The first-order chi connectivity index (χ1) is 8.67. The van der Waals surface area contributed by atoms with Gasteiger partial charge in [0.2, 0.25) is 0 Å². The third-order valence-electron chi connectivity index (χ3n) is 3.65. The highest BCUT2D eigenvalue weighted by atomic mass is 127. The minimum absolute atomic E-state index is 0. The first-order valence-electron chi connectivity index (χ1n) is 7.38. The summed E-state index contributed by atoms with van der Waals surface area (Å²) < 4.78 is 0. The molecule has 4 nitrogen and oxygen atoms in total. The molecule has 0 aromatic carbocycles. The lowest BCUT2D eigenvalue weighted by atomic mass is 10.0. The third-order valence-corrected chi connectivity index (χ3v) is 3.65. The number of aliphatic imine (C=N–C) groups is 1. The SMILES string of the molecule is CCCCNC(=NC)NC1CCN(C(C)C)CC1.I. The molecule has 0 aromatic heterocycles. The van der Waals surface area contributed by atoms with Crippen molar-refractivity contribution < 1.29 is 0 Å². The van der Waals surface area contributed by atoms with Crippen LogP contribution in [0.3, 0.4) is 0 Å². The second-order valence-corrected chi connectivity index (χ2v) is 5.40. The Bertz CT molecular complexity index is 248. The van der Waals surface area contributed by atoms with Gasteiger partial charge in [-0.15, -0.1) is 24.0 Å². The molecule has 0 spiro atoms. The molecular formula is C14H31IN4. The maximum atomic E-state index is 4.29. The third kappa shape index (κ3) is 7.34. The maximum absolute atomic E-state index is 4.29. The Balaban J connectivity index is 0.00000324. The van der Waals surface area contributed by atoms with Gasteiger partial charge in [0, 0.05) is 38.8 Å². The van der Waals surface area contributed by atoms with E-state index in [2.05, 4.69) is 41.3 Å². The zero-order valence-electron chi connectivity index (χ0n) is 12.9. The first-order valence-corrected chi connectivity index (χ1v) is 7.38. The van der Waals surface area contributed by atoms with Gasteiger partial charge in [-0.25, -0.2) is 0 Å². The van der Waals surface area contributed by atoms with E-state index in [1.165, 1.54) is 38.8 Å². The van der Waals surface area contributed by atoms with Crippen LogP contribution in [-0.2, 0) is 0 Å². The largest absolute Gasteiger partial charge is 0.356 e. The number of unbranched alkanes of at least 4 members (excludes halogenated alkanes) is 1. The predicted molar refractivity (Wildman–Crippen MR) is 94.6 cm³/mol. The maximum Gasteiger partial charge on any atom is 0.191 e. The second-order valence-electron chi connectivity index (χ2n) is 5.40.